The van der Waals surface area contributed by atoms with Crippen LogP contribution in [0.15, 0.2) is 12.1 Å². The first-order valence-electron chi connectivity index (χ1n) is 4.44. The van der Waals surface area contributed by atoms with Crippen molar-refractivity contribution in [3.8, 4) is 11.8 Å². The molecule has 15 heavy (non-hydrogen) atoms. The number of rotatable bonds is 4. The van der Waals surface area contributed by atoms with Crippen LogP contribution in [0.5, 0.6) is 5.75 Å². The maximum Gasteiger partial charge on any atom is 0.165 e. The third-order valence-corrected chi connectivity index (χ3v) is 2.04. The lowest BCUT2D eigenvalue weighted by molar-refractivity contribution is 0.184. The van der Waals surface area contributed by atoms with Crippen molar-refractivity contribution in [2.75, 3.05) is 14.2 Å². The van der Waals surface area contributed by atoms with Crippen LogP contribution in [0.4, 0.5) is 4.39 Å². The zero-order chi connectivity index (χ0) is 11.3. The summed E-state index contributed by atoms with van der Waals surface area (Å²) >= 11 is 0. The highest BCUT2D eigenvalue weighted by Gasteiger charge is 2.09. The second-order valence-corrected chi connectivity index (χ2v) is 3.02. The monoisotopic (exact) mass is 209 g/mol. The average Bonchev–Trinajstić information content (AvgIpc) is 2.22. The molecule has 0 saturated heterocycles. The van der Waals surface area contributed by atoms with Crippen molar-refractivity contribution >= 4 is 0 Å². The minimum absolute atomic E-state index is 0.166. The van der Waals surface area contributed by atoms with Gasteiger partial charge in [-0.15, -0.1) is 0 Å². The molecule has 0 unspecified atom stereocenters. The normalized spacial score (nSPS) is 9.73. The summed E-state index contributed by atoms with van der Waals surface area (Å²) in [5.74, 6) is -0.286. The first-order valence-corrected chi connectivity index (χ1v) is 4.44. The van der Waals surface area contributed by atoms with Crippen LogP contribution in [0.2, 0.25) is 0 Å². The molecule has 0 aliphatic carbocycles. The van der Waals surface area contributed by atoms with Crippen LogP contribution in [0.3, 0.4) is 0 Å². The predicted molar refractivity (Wildman–Crippen MR) is 53.0 cm³/mol. The molecule has 0 radical (unpaired) electrons. The zero-order valence-corrected chi connectivity index (χ0v) is 8.71. The van der Waals surface area contributed by atoms with Crippen molar-refractivity contribution in [3.05, 3.63) is 29.1 Å². The molecule has 80 valence electrons. The molecule has 0 aliphatic rings. The Morgan fingerprint density at radius 1 is 1.33 bits per heavy atom. The second kappa shape index (κ2) is 5.32. The largest absolute Gasteiger partial charge is 0.494 e. The van der Waals surface area contributed by atoms with Crippen LogP contribution in [0.25, 0.3) is 0 Å². The van der Waals surface area contributed by atoms with E-state index in [2.05, 4.69) is 0 Å². The lowest BCUT2D eigenvalue weighted by atomic mass is 10.0. The minimum atomic E-state index is -0.456. The van der Waals surface area contributed by atoms with Gasteiger partial charge in [-0.05, 0) is 23.3 Å². The number of nitriles is 1. The molecule has 0 aromatic heterocycles. The highest BCUT2D eigenvalue weighted by molar-refractivity contribution is 5.38. The van der Waals surface area contributed by atoms with Gasteiger partial charge in [-0.25, -0.2) is 4.39 Å². The Balaban J connectivity index is 3.14. The van der Waals surface area contributed by atoms with Crippen LogP contribution in [-0.2, 0) is 17.8 Å². The summed E-state index contributed by atoms with van der Waals surface area (Å²) in [4.78, 5) is 0. The molecular weight excluding hydrogens is 197 g/mol. The van der Waals surface area contributed by atoms with Gasteiger partial charge in [0.25, 0.3) is 0 Å². The van der Waals surface area contributed by atoms with E-state index in [0.717, 1.165) is 5.56 Å². The van der Waals surface area contributed by atoms with E-state index >= 15 is 0 Å². The topological polar surface area (TPSA) is 42.2 Å². The highest BCUT2D eigenvalue weighted by atomic mass is 19.1. The molecule has 0 spiro atoms. The summed E-state index contributed by atoms with van der Waals surface area (Å²) in [6.07, 6.45) is 0.166. The van der Waals surface area contributed by atoms with Crippen molar-refractivity contribution in [1.82, 2.24) is 0 Å². The summed E-state index contributed by atoms with van der Waals surface area (Å²) in [6.45, 7) is 0.341. The van der Waals surface area contributed by atoms with E-state index in [1.54, 1.807) is 13.2 Å². The first kappa shape index (κ1) is 11.5. The Bertz CT molecular complexity index is 385. The van der Waals surface area contributed by atoms with Crippen molar-refractivity contribution in [3.63, 3.8) is 0 Å². The van der Waals surface area contributed by atoms with Crippen LogP contribution in [0, 0.1) is 17.1 Å². The molecular formula is C11H12FNO2. The van der Waals surface area contributed by atoms with Gasteiger partial charge in [-0.3, -0.25) is 0 Å². The smallest absolute Gasteiger partial charge is 0.165 e. The standard InChI is InChI=1S/C11H12FNO2/c1-14-7-9-6-11(15-2)10(12)5-8(9)3-4-13/h5-6H,3,7H2,1-2H3. The fourth-order valence-corrected chi connectivity index (χ4v) is 1.33. The van der Waals surface area contributed by atoms with E-state index in [1.807, 2.05) is 6.07 Å². The summed E-state index contributed by atoms with van der Waals surface area (Å²) in [7, 11) is 2.95. The molecule has 4 heteroatoms. The SMILES string of the molecule is COCc1cc(OC)c(F)cc1CC#N. The van der Waals surface area contributed by atoms with Gasteiger partial charge >= 0.3 is 0 Å². The Morgan fingerprint density at radius 3 is 2.60 bits per heavy atom. The molecule has 0 bridgehead atoms. The van der Waals surface area contributed by atoms with Crippen molar-refractivity contribution in [2.24, 2.45) is 0 Å². The van der Waals surface area contributed by atoms with Crippen LogP contribution < -0.4 is 4.74 Å². The minimum Gasteiger partial charge on any atom is -0.494 e. The molecule has 3 nitrogen and oxygen atoms in total. The third kappa shape index (κ3) is 2.67. The van der Waals surface area contributed by atoms with Gasteiger partial charge in [0.1, 0.15) is 0 Å². The zero-order valence-electron chi connectivity index (χ0n) is 8.71. The molecule has 0 aliphatic heterocycles. The summed E-state index contributed by atoms with van der Waals surface area (Å²) in [6, 6.07) is 4.86. The number of hydrogen-bond acceptors (Lipinski definition) is 3. The molecule has 0 N–H and O–H groups in total. The molecule has 0 fully saturated rings. The number of nitrogens with zero attached hydrogens (tertiary/aromatic N) is 1. The second-order valence-electron chi connectivity index (χ2n) is 3.02. The molecule has 1 aromatic rings. The van der Waals surface area contributed by atoms with Crippen LogP contribution in [-0.4, -0.2) is 14.2 Å². The summed E-state index contributed by atoms with van der Waals surface area (Å²) in [5.41, 5.74) is 1.41. The van der Waals surface area contributed by atoms with E-state index < -0.39 is 5.82 Å². The number of methoxy groups -OCH3 is 2. The van der Waals surface area contributed by atoms with Crippen LogP contribution >= 0.6 is 0 Å². The fraction of sp³-hybridized carbons (Fsp3) is 0.364. The van der Waals surface area contributed by atoms with Gasteiger partial charge in [0.15, 0.2) is 11.6 Å². The van der Waals surface area contributed by atoms with E-state index in [1.165, 1.54) is 13.2 Å². The molecule has 1 rings (SSSR count). The van der Waals surface area contributed by atoms with Gasteiger partial charge in [0, 0.05) is 7.11 Å². The highest BCUT2D eigenvalue weighted by Crippen LogP contribution is 2.23. The van der Waals surface area contributed by atoms with E-state index in [-0.39, 0.29) is 12.2 Å². The molecule has 1 aromatic carbocycles. The lowest BCUT2D eigenvalue weighted by Gasteiger charge is -2.09. The van der Waals surface area contributed by atoms with Gasteiger partial charge in [0.2, 0.25) is 0 Å². The van der Waals surface area contributed by atoms with Gasteiger partial charge in [-0.2, -0.15) is 5.26 Å². The van der Waals surface area contributed by atoms with Crippen molar-refractivity contribution in [2.45, 2.75) is 13.0 Å². The Labute approximate surface area is 88.0 Å². The predicted octanol–water partition coefficient (Wildman–Crippen LogP) is 2.05. The maximum absolute atomic E-state index is 13.3. The summed E-state index contributed by atoms with van der Waals surface area (Å²) < 4.78 is 23.1. The fourth-order valence-electron chi connectivity index (χ4n) is 1.33. The quantitative estimate of drug-likeness (QED) is 0.762. The van der Waals surface area contributed by atoms with Gasteiger partial charge < -0.3 is 9.47 Å². The molecule has 0 heterocycles. The number of benzene rings is 1. The molecule has 0 amide bonds. The van der Waals surface area contributed by atoms with Crippen molar-refractivity contribution < 1.29 is 13.9 Å². The van der Waals surface area contributed by atoms with E-state index in [4.69, 9.17) is 14.7 Å². The first-order chi connectivity index (χ1) is 7.22. The number of halogens is 1. The Kier molecular flexibility index (Phi) is 4.07. The Hall–Kier alpha value is -1.60. The average molecular weight is 209 g/mol. The van der Waals surface area contributed by atoms with E-state index in [0.29, 0.717) is 12.2 Å². The molecule has 0 atom stereocenters. The number of hydrogen-bond donors (Lipinski definition) is 0. The van der Waals surface area contributed by atoms with Gasteiger partial charge in [0.05, 0.1) is 26.2 Å². The lowest BCUT2D eigenvalue weighted by Crippen LogP contribution is -1.99. The Morgan fingerprint density at radius 2 is 2.07 bits per heavy atom. The van der Waals surface area contributed by atoms with Crippen molar-refractivity contribution in [1.29, 1.82) is 5.26 Å². The summed E-state index contributed by atoms with van der Waals surface area (Å²) in [5, 5.41) is 8.59. The third-order valence-electron chi connectivity index (χ3n) is 2.04. The maximum atomic E-state index is 13.3. The van der Waals surface area contributed by atoms with Crippen LogP contribution in [0.1, 0.15) is 11.1 Å². The number of ether oxygens (including phenoxy) is 2. The molecule has 0 saturated carbocycles. The van der Waals surface area contributed by atoms with E-state index in [9.17, 15) is 4.39 Å². The van der Waals surface area contributed by atoms with Gasteiger partial charge in [-0.1, -0.05) is 0 Å².